The number of hydrogen-bond donors (Lipinski definition) is 2. The van der Waals surface area contributed by atoms with Crippen molar-refractivity contribution in [2.24, 2.45) is 0 Å². The van der Waals surface area contributed by atoms with E-state index in [-0.39, 0.29) is 17.9 Å². The number of rotatable bonds is 2. The van der Waals surface area contributed by atoms with Crippen molar-refractivity contribution in [1.82, 2.24) is 15.2 Å². The predicted molar refractivity (Wildman–Crippen MR) is 85.8 cm³/mol. The number of benzene rings is 1. The van der Waals surface area contributed by atoms with E-state index in [0.29, 0.717) is 18.8 Å². The van der Waals surface area contributed by atoms with Crippen molar-refractivity contribution in [3.05, 3.63) is 35.5 Å². The van der Waals surface area contributed by atoms with Crippen LogP contribution in [-0.2, 0) is 4.79 Å². The minimum absolute atomic E-state index is 0.0723. The Balaban J connectivity index is 1.67. The van der Waals surface area contributed by atoms with Crippen LogP contribution in [0.4, 0.5) is 0 Å². The molecule has 1 aliphatic heterocycles. The second-order valence-electron chi connectivity index (χ2n) is 5.98. The third kappa shape index (κ3) is 2.84. The zero-order valence-corrected chi connectivity index (χ0v) is 13.0. The van der Waals surface area contributed by atoms with Crippen LogP contribution in [0.1, 0.15) is 35.8 Å². The Morgan fingerprint density at radius 3 is 2.64 bits per heavy atom. The first-order valence-electron chi connectivity index (χ1n) is 7.69. The van der Waals surface area contributed by atoms with Crippen LogP contribution in [-0.4, -0.2) is 40.8 Å². The van der Waals surface area contributed by atoms with E-state index in [0.717, 1.165) is 29.3 Å². The van der Waals surface area contributed by atoms with Crippen LogP contribution in [0.5, 0.6) is 0 Å². The van der Waals surface area contributed by atoms with Gasteiger partial charge in [-0.2, -0.15) is 0 Å². The molecule has 0 bridgehead atoms. The zero-order chi connectivity index (χ0) is 15.7. The van der Waals surface area contributed by atoms with E-state index in [1.54, 1.807) is 6.92 Å². The van der Waals surface area contributed by atoms with Gasteiger partial charge in [0.2, 0.25) is 5.91 Å². The van der Waals surface area contributed by atoms with Crippen molar-refractivity contribution in [3.63, 3.8) is 0 Å². The summed E-state index contributed by atoms with van der Waals surface area (Å²) in [6, 6.07) is 8.04. The van der Waals surface area contributed by atoms with Gasteiger partial charge in [-0.15, -0.1) is 0 Å². The molecule has 0 atom stereocenters. The van der Waals surface area contributed by atoms with Crippen molar-refractivity contribution < 1.29 is 9.59 Å². The number of carbonyl (C=O) groups excluding carboxylic acids is 2. The summed E-state index contributed by atoms with van der Waals surface area (Å²) in [6.07, 6.45) is 1.62. The number of amides is 2. The van der Waals surface area contributed by atoms with Gasteiger partial charge in [0.1, 0.15) is 5.69 Å². The lowest BCUT2D eigenvalue weighted by Gasteiger charge is -2.31. The van der Waals surface area contributed by atoms with Crippen molar-refractivity contribution in [2.45, 2.75) is 32.7 Å². The smallest absolute Gasteiger partial charge is 0.267 e. The number of aryl methyl sites for hydroxylation is 1. The summed E-state index contributed by atoms with van der Waals surface area (Å²) in [7, 11) is 0. The van der Waals surface area contributed by atoms with E-state index < -0.39 is 0 Å². The second-order valence-corrected chi connectivity index (χ2v) is 5.98. The number of para-hydroxylation sites is 1. The van der Waals surface area contributed by atoms with Crippen LogP contribution in [0.25, 0.3) is 10.9 Å². The molecule has 0 aliphatic carbocycles. The molecule has 5 nitrogen and oxygen atoms in total. The molecular weight excluding hydrogens is 278 g/mol. The molecular formula is C17H21N3O2. The minimum Gasteiger partial charge on any atom is -0.350 e. The highest BCUT2D eigenvalue weighted by atomic mass is 16.2. The first kappa shape index (κ1) is 14.6. The SMILES string of the molecule is CC(=O)N1CCC(NC(=O)c2cc3cccc(C)c3[nH]2)CC1. The highest BCUT2D eigenvalue weighted by Gasteiger charge is 2.22. The molecule has 0 saturated carbocycles. The van der Waals surface area contributed by atoms with Crippen LogP contribution in [0, 0.1) is 6.92 Å². The van der Waals surface area contributed by atoms with E-state index in [9.17, 15) is 9.59 Å². The van der Waals surface area contributed by atoms with E-state index in [2.05, 4.69) is 10.3 Å². The summed E-state index contributed by atoms with van der Waals surface area (Å²) in [4.78, 5) is 28.7. The number of aromatic amines is 1. The maximum atomic E-state index is 12.4. The van der Waals surface area contributed by atoms with Crippen molar-refractivity contribution in [3.8, 4) is 0 Å². The summed E-state index contributed by atoms with van der Waals surface area (Å²) in [5.74, 6) is 0.0349. The first-order chi connectivity index (χ1) is 10.5. The Bertz CT molecular complexity index is 712. The standard InChI is InChI=1S/C17H21N3O2/c1-11-4-3-5-13-10-15(19-16(11)13)17(22)18-14-6-8-20(9-7-14)12(2)21/h3-5,10,14,19H,6-9H2,1-2H3,(H,18,22). The summed E-state index contributed by atoms with van der Waals surface area (Å²) in [5.41, 5.74) is 2.74. The van der Waals surface area contributed by atoms with Crippen LogP contribution in [0.3, 0.4) is 0 Å². The fourth-order valence-corrected chi connectivity index (χ4v) is 3.03. The predicted octanol–water partition coefficient (Wildman–Crippen LogP) is 2.22. The Morgan fingerprint density at radius 1 is 1.27 bits per heavy atom. The molecule has 22 heavy (non-hydrogen) atoms. The lowest BCUT2D eigenvalue weighted by molar-refractivity contribution is -0.129. The van der Waals surface area contributed by atoms with Crippen LogP contribution < -0.4 is 5.32 Å². The van der Waals surface area contributed by atoms with E-state index >= 15 is 0 Å². The monoisotopic (exact) mass is 299 g/mol. The summed E-state index contributed by atoms with van der Waals surface area (Å²) < 4.78 is 0. The quantitative estimate of drug-likeness (QED) is 0.893. The van der Waals surface area contributed by atoms with Crippen LogP contribution in [0.15, 0.2) is 24.3 Å². The molecule has 5 heteroatoms. The zero-order valence-electron chi connectivity index (χ0n) is 13.0. The van der Waals surface area contributed by atoms with Gasteiger partial charge in [-0.3, -0.25) is 9.59 Å². The number of aromatic nitrogens is 1. The fourth-order valence-electron chi connectivity index (χ4n) is 3.03. The average Bonchev–Trinajstić information content (AvgIpc) is 2.93. The number of nitrogens with one attached hydrogen (secondary N) is 2. The average molecular weight is 299 g/mol. The van der Waals surface area contributed by atoms with Crippen molar-refractivity contribution in [2.75, 3.05) is 13.1 Å². The highest BCUT2D eigenvalue weighted by Crippen LogP contribution is 2.19. The van der Waals surface area contributed by atoms with Gasteiger partial charge in [-0.05, 0) is 31.4 Å². The molecule has 2 heterocycles. The lowest BCUT2D eigenvalue weighted by atomic mass is 10.0. The number of H-pyrrole nitrogens is 1. The third-order valence-corrected chi connectivity index (χ3v) is 4.38. The number of likely N-dealkylation sites (tertiary alicyclic amines) is 1. The van der Waals surface area contributed by atoms with E-state index in [4.69, 9.17) is 0 Å². The highest BCUT2D eigenvalue weighted by molar-refractivity contribution is 5.98. The number of hydrogen-bond acceptors (Lipinski definition) is 2. The summed E-state index contributed by atoms with van der Waals surface area (Å²) in [5, 5.41) is 4.12. The maximum Gasteiger partial charge on any atom is 0.267 e. The topological polar surface area (TPSA) is 65.2 Å². The number of piperidine rings is 1. The molecule has 1 aromatic heterocycles. The van der Waals surface area contributed by atoms with Gasteiger partial charge >= 0.3 is 0 Å². The van der Waals surface area contributed by atoms with Gasteiger partial charge in [0.25, 0.3) is 5.91 Å². The van der Waals surface area contributed by atoms with E-state index in [1.165, 1.54) is 0 Å². The molecule has 0 unspecified atom stereocenters. The normalized spacial score (nSPS) is 16.0. The lowest BCUT2D eigenvalue weighted by Crippen LogP contribution is -2.46. The molecule has 2 N–H and O–H groups in total. The Labute approximate surface area is 129 Å². The Kier molecular flexibility index (Phi) is 3.88. The molecule has 1 aliphatic rings. The number of carbonyl (C=O) groups is 2. The van der Waals surface area contributed by atoms with Gasteiger partial charge in [-0.1, -0.05) is 18.2 Å². The molecule has 2 aromatic rings. The van der Waals surface area contributed by atoms with Crippen LogP contribution >= 0.6 is 0 Å². The Hall–Kier alpha value is -2.30. The second kappa shape index (κ2) is 5.83. The van der Waals surface area contributed by atoms with Gasteiger partial charge in [0.05, 0.1) is 0 Å². The maximum absolute atomic E-state index is 12.4. The largest absolute Gasteiger partial charge is 0.350 e. The molecule has 2 amide bonds. The van der Waals surface area contributed by atoms with Crippen molar-refractivity contribution >= 4 is 22.7 Å². The summed E-state index contributed by atoms with van der Waals surface area (Å²) >= 11 is 0. The molecule has 0 spiro atoms. The molecule has 1 saturated heterocycles. The first-order valence-corrected chi connectivity index (χ1v) is 7.69. The molecule has 0 radical (unpaired) electrons. The number of nitrogens with zero attached hydrogens (tertiary/aromatic N) is 1. The number of fused-ring (bicyclic) bond motifs is 1. The minimum atomic E-state index is -0.0723. The van der Waals surface area contributed by atoms with E-state index in [1.807, 2.05) is 36.1 Å². The van der Waals surface area contributed by atoms with Crippen LogP contribution in [0.2, 0.25) is 0 Å². The third-order valence-electron chi connectivity index (χ3n) is 4.38. The molecule has 1 fully saturated rings. The molecule has 3 rings (SSSR count). The van der Waals surface area contributed by atoms with Gasteiger partial charge < -0.3 is 15.2 Å². The molecule has 116 valence electrons. The van der Waals surface area contributed by atoms with Gasteiger partial charge in [0, 0.05) is 37.0 Å². The van der Waals surface area contributed by atoms with Gasteiger partial charge in [-0.25, -0.2) is 0 Å². The van der Waals surface area contributed by atoms with Crippen molar-refractivity contribution in [1.29, 1.82) is 0 Å². The Morgan fingerprint density at radius 2 is 2.00 bits per heavy atom. The summed E-state index contributed by atoms with van der Waals surface area (Å²) in [6.45, 7) is 5.04. The fraction of sp³-hybridized carbons (Fsp3) is 0.412. The molecule has 1 aromatic carbocycles. The van der Waals surface area contributed by atoms with Gasteiger partial charge in [0.15, 0.2) is 0 Å².